The monoisotopic (exact) mass is 428 g/mol. The first kappa shape index (κ1) is 21.0. The fourth-order valence-corrected chi connectivity index (χ4v) is 5.81. The van der Waals surface area contributed by atoms with Crippen LogP contribution in [0.1, 0.15) is 71.2 Å². The molecule has 0 radical (unpaired) electrons. The van der Waals surface area contributed by atoms with Crippen molar-refractivity contribution in [2.45, 2.75) is 52.9 Å². The van der Waals surface area contributed by atoms with Gasteiger partial charge in [-0.15, -0.1) is 11.3 Å². The smallest absolute Gasteiger partial charge is 0.257 e. The number of hydrogen-bond acceptors (Lipinski definition) is 3. The molecule has 0 unspecified atom stereocenters. The molecule has 1 aliphatic carbocycles. The maximum atomic E-state index is 13.4. The quantitative estimate of drug-likeness (QED) is 0.699. The van der Waals surface area contributed by atoms with Gasteiger partial charge in [-0.1, -0.05) is 20.8 Å². The molecule has 6 heteroatoms. The van der Waals surface area contributed by atoms with Gasteiger partial charge in [0.1, 0.15) is 10.8 Å². The number of hydrogen-bond donors (Lipinski definition) is 1. The predicted octanol–water partition coefficient (Wildman–Crippen LogP) is 5.53. The third-order valence-electron chi connectivity index (χ3n) is 6.43. The molecule has 0 saturated carbocycles. The summed E-state index contributed by atoms with van der Waals surface area (Å²) in [6, 6.07) is 5.49. The minimum absolute atomic E-state index is 0.0358. The van der Waals surface area contributed by atoms with Crippen molar-refractivity contribution in [2.24, 2.45) is 11.3 Å². The van der Waals surface area contributed by atoms with E-state index in [2.05, 4.69) is 26.1 Å². The Morgan fingerprint density at radius 3 is 2.43 bits per heavy atom. The Labute approximate surface area is 181 Å². The highest BCUT2D eigenvalue weighted by atomic mass is 32.1. The maximum Gasteiger partial charge on any atom is 0.257 e. The van der Waals surface area contributed by atoms with Gasteiger partial charge < -0.3 is 10.2 Å². The Morgan fingerprint density at radius 1 is 1.13 bits per heavy atom. The summed E-state index contributed by atoms with van der Waals surface area (Å²) in [5.41, 5.74) is 2.39. The first-order valence-electron chi connectivity index (χ1n) is 10.7. The maximum absolute atomic E-state index is 13.4. The molecule has 4 nitrogen and oxygen atoms in total. The van der Waals surface area contributed by atoms with Gasteiger partial charge in [0.05, 0.1) is 5.56 Å². The number of nitrogens with one attached hydrogen (secondary N) is 1. The largest absolute Gasteiger partial charge is 0.339 e. The van der Waals surface area contributed by atoms with E-state index in [0.717, 1.165) is 50.8 Å². The predicted molar refractivity (Wildman–Crippen MR) is 119 cm³/mol. The fraction of sp³-hybridized carbons (Fsp3) is 0.500. The van der Waals surface area contributed by atoms with Crippen molar-refractivity contribution >= 4 is 28.2 Å². The van der Waals surface area contributed by atoms with Gasteiger partial charge in [0, 0.05) is 23.5 Å². The molecule has 30 heavy (non-hydrogen) atoms. The van der Waals surface area contributed by atoms with Gasteiger partial charge in [0.2, 0.25) is 0 Å². The molecule has 1 aromatic carbocycles. The van der Waals surface area contributed by atoms with E-state index in [1.165, 1.54) is 29.1 Å². The zero-order chi connectivity index (χ0) is 21.5. The number of rotatable bonds is 3. The van der Waals surface area contributed by atoms with Crippen LogP contribution in [-0.4, -0.2) is 29.8 Å². The lowest BCUT2D eigenvalue weighted by Gasteiger charge is -2.34. The molecule has 1 atom stereocenters. The van der Waals surface area contributed by atoms with Gasteiger partial charge in [0.25, 0.3) is 11.8 Å². The minimum atomic E-state index is -0.378. The first-order chi connectivity index (χ1) is 14.2. The molecule has 0 bridgehead atoms. The van der Waals surface area contributed by atoms with Crippen LogP contribution in [0.5, 0.6) is 0 Å². The highest BCUT2D eigenvalue weighted by Gasteiger charge is 2.35. The highest BCUT2D eigenvalue weighted by Crippen LogP contribution is 2.45. The van der Waals surface area contributed by atoms with E-state index in [0.29, 0.717) is 22.0 Å². The number of carbonyl (C=O) groups is 2. The summed E-state index contributed by atoms with van der Waals surface area (Å²) in [6.07, 6.45) is 4.92. The summed E-state index contributed by atoms with van der Waals surface area (Å²) in [6.45, 7) is 8.36. The molecule has 160 valence electrons. The third-order valence-corrected chi connectivity index (χ3v) is 7.60. The molecular formula is C24H29FN2O2S. The molecule has 1 saturated heterocycles. The molecule has 0 spiro atoms. The van der Waals surface area contributed by atoms with Crippen LogP contribution < -0.4 is 5.32 Å². The number of anilines is 1. The summed E-state index contributed by atoms with van der Waals surface area (Å²) < 4.78 is 13.2. The van der Waals surface area contributed by atoms with Crippen LogP contribution in [0.2, 0.25) is 0 Å². The normalized spacial score (nSPS) is 18.9. The van der Waals surface area contributed by atoms with E-state index in [1.54, 1.807) is 11.3 Å². The van der Waals surface area contributed by atoms with Gasteiger partial charge in [-0.2, -0.15) is 0 Å². The Hall–Kier alpha value is -2.21. The highest BCUT2D eigenvalue weighted by molar-refractivity contribution is 7.17. The lowest BCUT2D eigenvalue weighted by Crippen LogP contribution is -2.30. The molecule has 2 aromatic rings. The molecule has 2 aliphatic rings. The van der Waals surface area contributed by atoms with Crippen molar-refractivity contribution in [3.8, 4) is 0 Å². The number of nitrogens with zero attached hydrogens (tertiary/aromatic N) is 1. The van der Waals surface area contributed by atoms with E-state index in [-0.39, 0.29) is 23.0 Å². The number of benzene rings is 1. The molecule has 2 heterocycles. The van der Waals surface area contributed by atoms with Crippen molar-refractivity contribution in [1.29, 1.82) is 0 Å². The van der Waals surface area contributed by atoms with Gasteiger partial charge in [0.15, 0.2) is 0 Å². The number of halogens is 1. The number of carbonyl (C=O) groups excluding carboxylic acids is 2. The first-order valence-corrected chi connectivity index (χ1v) is 11.6. The fourth-order valence-electron chi connectivity index (χ4n) is 4.49. The topological polar surface area (TPSA) is 49.4 Å². The van der Waals surface area contributed by atoms with Gasteiger partial charge in [-0.3, -0.25) is 9.59 Å². The van der Waals surface area contributed by atoms with E-state index < -0.39 is 0 Å². The summed E-state index contributed by atoms with van der Waals surface area (Å²) in [7, 11) is 0. The number of fused-ring (bicyclic) bond motifs is 1. The number of amides is 2. The van der Waals surface area contributed by atoms with Crippen LogP contribution >= 0.6 is 11.3 Å². The number of likely N-dealkylation sites (tertiary alicyclic amines) is 1. The SMILES string of the molecule is CC(C)(C)[C@H]1CCc2c(sc(NC(=O)c3ccc(F)cc3)c2C(=O)N2CCCC2)C1. The Balaban J connectivity index is 1.68. The van der Waals surface area contributed by atoms with Crippen molar-refractivity contribution < 1.29 is 14.0 Å². The summed E-state index contributed by atoms with van der Waals surface area (Å²) >= 11 is 1.54. The molecule has 1 fully saturated rings. The van der Waals surface area contributed by atoms with Gasteiger partial charge in [-0.25, -0.2) is 4.39 Å². The van der Waals surface area contributed by atoms with Crippen molar-refractivity contribution in [2.75, 3.05) is 18.4 Å². The van der Waals surface area contributed by atoms with Crippen LogP contribution in [0.25, 0.3) is 0 Å². The standard InChI is InChI=1S/C24H29FN2O2S/c1-24(2,3)16-8-11-18-19(14-16)30-22(20(18)23(29)27-12-4-5-13-27)26-21(28)15-6-9-17(25)10-7-15/h6-7,9-10,16H,4-5,8,11-14H2,1-3H3,(H,26,28)/t16-/m0/s1. The Kier molecular flexibility index (Phi) is 5.71. The second-order valence-electron chi connectivity index (χ2n) is 9.47. The van der Waals surface area contributed by atoms with Gasteiger partial charge in [-0.05, 0) is 73.3 Å². The summed E-state index contributed by atoms with van der Waals surface area (Å²) in [5.74, 6) is -0.0969. The van der Waals surface area contributed by atoms with E-state index in [1.807, 2.05) is 4.90 Å². The van der Waals surface area contributed by atoms with E-state index in [4.69, 9.17) is 0 Å². The molecular weight excluding hydrogens is 399 g/mol. The van der Waals surface area contributed by atoms with Crippen LogP contribution in [0.3, 0.4) is 0 Å². The second kappa shape index (κ2) is 8.14. The van der Waals surface area contributed by atoms with Crippen molar-refractivity contribution in [3.63, 3.8) is 0 Å². The van der Waals surface area contributed by atoms with Crippen LogP contribution in [0, 0.1) is 17.2 Å². The zero-order valence-electron chi connectivity index (χ0n) is 17.9. The average molecular weight is 429 g/mol. The second-order valence-corrected chi connectivity index (χ2v) is 10.6. The van der Waals surface area contributed by atoms with Crippen LogP contribution in [0.15, 0.2) is 24.3 Å². The lowest BCUT2D eigenvalue weighted by molar-refractivity contribution is 0.0792. The van der Waals surface area contributed by atoms with Crippen LogP contribution in [0.4, 0.5) is 9.39 Å². The van der Waals surface area contributed by atoms with E-state index in [9.17, 15) is 14.0 Å². The Bertz CT molecular complexity index is 953. The molecule has 4 rings (SSSR count). The van der Waals surface area contributed by atoms with Crippen molar-refractivity contribution in [3.05, 3.63) is 51.7 Å². The Morgan fingerprint density at radius 2 is 1.80 bits per heavy atom. The van der Waals surface area contributed by atoms with E-state index >= 15 is 0 Å². The summed E-state index contributed by atoms with van der Waals surface area (Å²) in [4.78, 5) is 29.3. The molecule has 1 aliphatic heterocycles. The summed E-state index contributed by atoms with van der Waals surface area (Å²) in [5, 5.41) is 3.61. The zero-order valence-corrected chi connectivity index (χ0v) is 18.7. The lowest BCUT2D eigenvalue weighted by atomic mass is 9.72. The molecule has 2 amide bonds. The molecule has 1 aromatic heterocycles. The van der Waals surface area contributed by atoms with Crippen molar-refractivity contribution in [1.82, 2.24) is 4.90 Å². The van der Waals surface area contributed by atoms with Crippen LogP contribution in [-0.2, 0) is 12.8 Å². The average Bonchev–Trinajstić information content (AvgIpc) is 3.34. The number of thiophene rings is 1. The third kappa shape index (κ3) is 4.15. The molecule has 1 N–H and O–H groups in total. The van der Waals surface area contributed by atoms with Gasteiger partial charge >= 0.3 is 0 Å². The minimum Gasteiger partial charge on any atom is -0.339 e.